The van der Waals surface area contributed by atoms with Crippen LogP contribution in [0.25, 0.3) is 0 Å². The molecule has 0 spiro atoms. The molecule has 5 nitrogen and oxygen atoms in total. The van der Waals surface area contributed by atoms with Crippen molar-refractivity contribution in [1.29, 1.82) is 0 Å². The van der Waals surface area contributed by atoms with Crippen molar-refractivity contribution < 1.29 is 19.3 Å². The van der Waals surface area contributed by atoms with Gasteiger partial charge >= 0.3 is 0 Å². The fraction of sp³-hybridized carbons (Fsp3) is 0.400. The van der Waals surface area contributed by atoms with Crippen LogP contribution in [0.3, 0.4) is 0 Å². The molecule has 0 aliphatic carbocycles. The summed E-state index contributed by atoms with van der Waals surface area (Å²) in [6.45, 7) is 2.99. The van der Waals surface area contributed by atoms with E-state index in [4.69, 9.17) is 14.2 Å². The van der Waals surface area contributed by atoms with Gasteiger partial charge in [0, 0.05) is 0 Å². The average molecular weight is 474 g/mol. The number of ether oxygens (including phenoxy) is 3. The zero-order valence-corrected chi connectivity index (χ0v) is 20.1. The van der Waals surface area contributed by atoms with E-state index in [0.29, 0.717) is 26.4 Å². The Kier molecular flexibility index (Phi) is 8.24. The van der Waals surface area contributed by atoms with E-state index in [0.717, 1.165) is 36.1 Å². The van der Waals surface area contributed by atoms with Crippen molar-refractivity contribution in [1.82, 2.24) is 4.90 Å². The van der Waals surface area contributed by atoms with Gasteiger partial charge in [-0.25, -0.2) is 0 Å². The van der Waals surface area contributed by atoms with Crippen molar-refractivity contribution in [2.75, 3.05) is 13.2 Å². The summed E-state index contributed by atoms with van der Waals surface area (Å²) < 4.78 is 19.4. The van der Waals surface area contributed by atoms with Crippen LogP contribution in [0.5, 0.6) is 0 Å². The average Bonchev–Trinajstić information content (AvgIpc) is 3.21. The van der Waals surface area contributed by atoms with Crippen LogP contribution in [0, 0.1) is 0 Å². The highest BCUT2D eigenvalue weighted by molar-refractivity contribution is 5.16. The number of hydrogen-bond donors (Lipinski definition) is 1. The first-order valence-corrected chi connectivity index (χ1v) is 12.7. The van der Waals surface area contributed by atoms with Crippen LogP contribution in [0.2, 0.25) is 0 Å². The summed E-state index contributed by atoms with van der Waals surface area (Å²) in [6.07, 6.45) is 0.873. The van der Waals surface area contributed by atoms with E-state index in [1.807, 2.05) is 54.6 Å². The Bertz CT molecular complexity index is 1020. The summed E-state index contributed by atoms with van der Waals surface area (Å²) >= 11 is 0. The molecule has 184 valence electrons. The zero-order valence-electron chi connectivity index (χ0n) is 20.1. The normalized spacial score (nSPS) is 26.5. The van der Waals surface area contributed by atoms with Gasteiger partial charge in [-0.05, 0) is 36.1 Å². The van der Waals surface area contributed by atoms with E-state index in [1.54, 1.807) is 0 Å². The summed E-state index contributed by atoms with van der Waals surface area (Å²) in [7, 11) is 0. The first-order valence-electron chi connectivity index (χ1n) is 12.7. The molecule has 0 bridgehead atoms. The molecule has 5 heteroatoms. The lowest BCUT2D eigenvalue weighted by Crippen LogP contribution is -2.51. The lowest BCUT2D eigenvalue weighted by molar-refractivity contribution is -0.0967. The molecule has 0 radical (unpaired) electrons. The molecule has 3 aromatic carbocycles. The third-order valence-electron chi connectivity index (χ3n) is 7.13. The molecule has 0 amide bonds. The second kappa shape index (κ2) is 11.9. The molecule has 0 aromatic heterocycles. The monoisotopic (exact) mass is 473 g/mol. The van der Waals surface area contributed by atoms with E-state index < -0.39 is 6.10 Å². The summed E-state index contributed by atoms with van der Waals surface area (Å²) in [5.41, 5.74) is 3.40. The molecule has 2 heterocycles. The highest BCUT2D eigenvalue weighted by Gasteiger charge is 2.54. The number of aliphatic hydroxyl groups is 1. The van der Waals surface area contributed by atoms with Gasteiger partial charge in [0.1, 0.15) is 12.2 Å². The van der Waals surface area contributed by atoms with Crippen LogP contribution in [0.4, 0.5) is 0 Å². The van der Waals surface area contributed by atoms with Gasteiger partial charge in [0.25, 0.3) is 0 Å². The van der Waals surface area contributed by atoms with Crippen LogP contribution in [0.1, 0.15) is 29.5 Å². The molecule has 2 aliphatic rings. The van der Waals surface area contributed by atoms with Crippen molar-refractivity contribution >= 4 is 0 Å². The van der Waals surface area contributed by atoms with Crippen molar-refractivity contribution in [3.8, 4) is 0 Å². The molecular formula is C30H35NO4. The van der Waals surface area contributed by atoms with E-state index in [9.17, 15) is 5.11 Å². The van der Waals surface area contributed by atoms with Crippen LogP contribution >= 0.6 is 0 Å². The topological polar surface area (TPSA) is 51.2 Å². The van der Waals surface area contributed by atoms with Crippen LogP contribution in [0.15, 0.2) is 91.0 Å². The molecule has 5 rings (SSSR count). The van der Waals surface area contributed by atoms with E-state index >= 15 is 0 Å². The molecule has 35 heavy (non-hydrogen) atoms. The number of piperidine rings is 1. The third-order valence-corrected chi connectivity index (χ3v) is 7.13. The quantitative estimate of drug-likeness (QED) is 0.467. The van der Waals surface area contributed by atoms with Gasteiger partial charge in [-0.2, -0.15) is 0 Å². The molecule has 2 fully saturated rings. The molecule has 3 aromatic rings. The molecule has 5 atom stereocenters. The second-order valence-electron chi connectivity index (χ2n) is 9.53. The molecular weight excluding hydrogens is 438 g/mol. The maximum Gasteiger partial charge on any atom is 0.104 e. The first kappa shape index (κ1) is 24.2. The zero-order chi connectivity index (χ0) is 23.9. The van der Waals surface area contributed by atoms with Crippen molar-refractivity contribution in [2.24, 2.45) is 0 Å². The Morgan fingerprint density at radius 2 is 1.20 bits per heavy atom. The number of aliphatic hydroxyl groups excluding tert-OH is 1. The maximum atomic E-state index is 11.1. The summed E-state index contributed by atoms with van der Waals surface area (Å²) in [4.78, 5) is 2.38. The van der Waals surface area contributed by atoms with Gasteiger partial charge in [-0.1, -0.05) is 91.0 Å². The Balaban J connectivity index is 1.35. The second-order valence-corrected chi connectivity index (χ2v) is 9.53. The smallest absolute Gasteiger partial charge is 0.104 e. The van der Waals surface area contributed by atoms with Gasteiger partial charge in [0.2, 0.25) is 0 Å². The standard InChI is InChI=1S/C30H35NO4/c32-27-17-10-18-31-26(22-33-19-23-11-4-1-5-12-23)29(34-20-24-13-6-2-7-14-24)30(28(27)31)35-21-25-15-8-3-9-16-25/h1-9,11-16,26-30,32H,10,17-22H2/t26-,27+,28-,29-,30-/m1/s1. The Morgan fingerprint density at radius 3 is 1.77 bits per heavy atom. The largest absolute Gasteiger partial charge is 0.391 e. The van der Waals surface area contributed by atoms with E-state index in [1.165, 1.54) is 0 Å². The number of benzene rings is 3. The SMILES string of the molecule is O[C@H]1CCCN2[C@H]1[C@@H](OCc1ccccc1)[C@H](OCc1ccccc1)[C@H]2COCc1ccccc1. The molecule has 2 aliphatic heterocycles. The number of nitrogens with zero attached hydrogens (tertiary/aromatic N) is 1. The fourth-order valence-corrected chi connectivity index (χ4v) is 5.42. The number of fused-ring (bicyclic) bond motifs is 1. The van der Waals surface area contributed by atoms with Gasteiger partial charge in [-0.15, -0.1) is 0 Å². The summed E-state index contributed by atoms with van der Waals surface area (Å²) in [6, 6.07) is 30.6. The lowest BCUT2D eigenvalue weighted by atomic mass is 9.96. The minimum atomic E-state index is -0.438. The van der Waals surface area contributed by atoms with E-state index in [-0.39, 0.29) is 24.3 Å². The van der Waals surface area contributed by atoms with Crippen LogP contribution in [-0.2, 0) is 34.0 Å². The molecule has 0 saturated carbocycles. The minimum Gasteiger partial charge on any atom is -0.391 e. The predicted octanol–water partition coefficient (Wildman–Crippen LogP) is 4.58. The summed E-state index contributed by atoms with van der Waals surface area (Å²) in [5.74, 6) is 0. The first-order chi connectivity index (χ1) is 17.3. The highest BCUT2D eigenvalue weighted by Crippen LogP contribution is 2.37. The Morgan fingerprint density at radius 1 is 0.686 bits per heavy atom. The lowest BCUT2D eigenvalue weighted by Gasteiger charge is -2.38. The van der Waals surface area contributed by atoms with Crippen LogP contribution < -0.4 is 0 Å². The van der Waals surface area contributed by atoms with Gasteiger partial charge in [0.15, 0.2) is 0 Å². The third kappa shape index (κ3) is 6.00. The van der Waals surface area contributed by atoms with Gasteiger partial charge < -0.3 is 19.3 Å². The highest BCUT2D eigenvalue weighted by atomic mass is 16.5. The van der Waals surface area contributed by atoms with Gasteiger partial charge in [0.05, 0.1) is 44.6 Å². The van der Waals surface area contributed by atoms with Crippen LogP contribution in [-0.4, -0.2) is 53.6 Å². The number of hydrogen-bond acceptors (Lipinski definition) is 5. The minimum absolute atomic E-state index is 0.0168. The maximum absolute atomic E-state index is 11.1. The predicted molar refractivity (Wildman–Crippen MR) is 136 cm³/mol. The fourth-order valence-electron chi connectivity index (χ4n) is 5.42. The molecule has 0 unspecified atom stereocenters. The van der Waals surface area contributed by atoms with E-state index in [2.05, 4.69) is 41.3 Å². The van der Waals surface area contributed by atoms with Gasteiger partial charge in [-0.3, -0.25) is 4.90 Å². The Hall–Kier alpha value is -2.54. The van der Waals surface area contributed by atoms with Crippen molar-refractivity contribution in [3.05, 3.63) is 108 Å². The Labute approximate surface area is 208 Å². The van der Waals surface area contributed by atoms with Crippen molar-refractivity contribution in [3.63, 3.8) is 0 Å². The molecule has 2 saturated heterocycles. The molecule has 1 N–H and O–H groups in total. The number of rotatable bonds is 10. The summed E-state index contributed by atoms with van der Waals surface area (Å²) in [5, 5.41) is 11.1. The van der Waals surface area contributed by atoms with Crippen molar-refractivity contribution in [2.45, 2.75) is 63.1 Å².